The Hall–Kier alpha value is -3.12. The molecule has 258 valence electrons. The van der Waals surface area contributed by atoms with Gasteiger partial charge in [-0.05, 0) is 54.4 Å². The Labute approximate surface area is 327 Å². The standard InChI is InChI=1S/C25H4N2.C6H14N2O.C2H5BrO.I3.21H2/c1-2-3-4-5-6-7-8-9-10-11-12-13-14-15-16-17-18-19-20-21-23-27-24-22-26-25-27;1-7-2-3-8(6-7)4-5-9;3-1-2-4;1-3-2;;;;;;;;;;;;;;;;;;;;;/h1,22,24-25H;9H,2-6H2,1H3;4H,1-2H2;;21*1H/q;;;-1;;;;;;;;;;;;;;;;;;;;;/p+1. The fraction of sp³-hybridized carbons (Fsp3) is 0.242. The third-order valence-corrected chi connectivity index (χ3v) is 3.98. The van der Waals surface area contributed by atoms with Crippen LogP contribution >= 0.6 is 53.2 Å². The van der Waals surface area contributed by atoms with Crippen molar-refractivity contribution in [2.45, 2.75) is 0 Å². The van der Waals surface area contributed by atoms with Gasteiger partial charge < -0.3 is 10.2 Å². The number of alkyl halides is 1. The van der Waals surface area contributed by atoms with Crippen LogP contribution < -0.4 is 13.3 Å². The van der Waals surface area contributed by atoms with Crippen LogP contribution in [0.4, 0.5) is 0 Å². The molecule has 0 saturated carbocycles. The van der Waals surface area contributed by atoms with Crippen molar-refractivity contribution in [3.63, 3.8) is 0 Å². The van der Waals surface area contributed by atoms with Crippen molar-refractivity contribution in [1.82, 2.24) is 19.4 Å². The monoisotopic (exact) mass is 1010 g/mol. The van der Waals surface area contributed by atoms with Crippen LogP contribution in [0.5, 0.6) is 0 Å². The number of terminal acetylenes is 1. The van der Waals surface area contributed by atoms with E-state index in [1.54, 1.807) is 23.3 Å². The van der Waals surface area contributed by atoms with Crippen LogP contribution in [0.2, 0.25) is 0 Å². The molecule has 1 fully saturated rings. The van der Waals surface area contributed by atoms with Crippen molar-refractivity contribution in [2.75, 3.05) is 51.9 Å². The van der Waals surface area contributed by atoms with Gasteiger partial charge in [-0.15, -0.1) is 6.42 Å². The molecule has 10 heteroatoms. The van der Waals surface area contributed by atoms with Crippen LogP contribution in [0, 0.1) is 131 Å². The maximum absolute atomic E-state index is 8.55. The molecule has 0 unspecified atom stereocenters. The number of hydrogen-bond acceptors (Lipinski definition) is 5. The van der Waals surface area contributed by atoms with Crippen molar-refractivity contribution in [1.29, 1.82) is 0 Å². The second-order valence-corrected chi connectivity index (χ2v) is 23.7. The Morgan fingerprint density at radius 1 is 0.814 bits per heavy atom. The predicted octanol–water partition coefficient (Wildman–Crippen LogP) is 3.97. The molecule has 2 rings (SSSR count). The summed E-state index contributed by atoms with van der Waals surface area (Å²) in [6, 6.07) is 2.73. The molecule has 2 N–H and O–H groups in total. The summed E-state index contributed by atoms with van der Waals surface area (Å²) in [5.74, 6) is 49.5. The van der Waals surface area contributed by atoms with E-state index in [1.807, 2.05) is 0 Å². The minimum atomic E-state index is 0. The molecule has 1 aliphatic heterocycles. The van der Waals surface area contributed by atoms with Gasteiger partial charge in [0.05, 0.1) is 19.9 Å². The summed E-state index contributed by atoms with van der Waals surface area (Å²) in [5.41, 5.74) is 0. The molecule has 6 nitrogen and oxygen atoms in total. The van der Waals surface area contributed by atoms with Crippen molar-refractivity contribution in [2.24, 2.45) is 0 Å². The van der Waals surface area contributed by atoms with E-state index in [9.17, 15) is 0 Å². The zero-order chi connectivity index (χ0) is 32.1. The number of aliphatic hydroxyl groups is 2. The van der Waals surface area contributed by atoms with E-state index < -0.39 is 0 Å². The van der Waals surface area contributed by atoms with Crippen LogP contribution in [0.15, 0.2) is 18.7 Å². The number of nitrogens with zero attached hydrogens (tertiary/aromatic N) is 4. The number of aliphatic hydroxyl groups excluding tert-OH is 2. The first-order valence-corrected chi connectivity index (χ1v) is 25.3. The van der Waals surface area contributed by atoms with Gasteiger partial charge >= 0.3 is 51.9 Å². The van der Waals surface area contributed by atoms with Gasteiger partial charge in [0.2, 0.25) is 0 Å². The van der Waals surface area contributed by atoms with Gasteiger partial charge in [0.15, 0.2) is 0 Å². The van der Waals surface area contributed by atoms with E-state index in [1.165, 1.54) is 0 Å². The summed E-state index contributed by atoms with van der Waals surface area (Å²) in [4.78, 5) is 8.32. The second-order valence-electron chi connectivity index (χ2n) is 6.63. The number of rotatable bonds is 3. The summed E-state index contributed by atoms with van der Waals surface area (Å²) in [7, 11) is 2.09. The number of likely N-dealkylation sites (N-methyl/N-ethyl adjacent to an activating group) is 1. The van der Waals surface area contributed by atoms with Gasteiger partial charge in [0.25, 0.3) is 0 Å². The Morgan fingerprint density at radius 2 is 1.23 bits per heavy atom. The van der Waals surface area contributed by atoms with E-state index in [-0.39, 0.29) is 44.6 Å². The van der Waals surface area contributed by atoms with E-state index in [4.69, 9.17) is 16.6 Å². The van der Waals surface area contributed by atoms with Gasteiger partial charge in [-0.2, -0.15) is 0 Å². The first kappa shape index (κ1) is 42.0. The number of β-amino-alcohol motifs (C(OH)–C–C–N with tert-alkyl or cyclic N) is 1. The molecular formula is C33H66BrI3N4O2. The van der Waals surface area contributed by atoms with Crippen molar-refractivity contribution < 1.29 is 54.9 Å². The Morgan fingerprint density at radius 3 is 1.53 bits per heavy atom. The van der Waals surface area contributed by atoms with Crippen molar-refractivity contribution in [3.8, 4) is 131 Å². The largest absolute Gasteiger partial charge is 1.00 e. The van der Waals surface area contributed by atoms with E-state index in [0.29, 0.717) is 18.6 Å². The molecule has 1 saturated heterocycles. The summed E-state index contributed by atoms with van der Waals surface area (Å²) >= 11 is 8.30. The molecule has 0 atom stereocenters. The van der Waals surface area contributed by atoms with Crippen LogP contribution in [-0.2, 0) is 0 Å². The molecule has 0 radical (unpaired) electrons. The zero-order valence-corrected chi connectivity index (χ0v) is 31.0. The Kier molecular flexibility index (Phi) is 36.1. The molecule has 1 aromatic rings. The Bertz CT molecular complexity index is 1690. The zero-order valence-electron chi connectivity index (χ0n) is 24.0. The number of hydrogen-bond donors (Lipinski definition) is 2. The summed E-state index contributed by atoms with van der Waals surface area (Å²) in [6.07, 6.45) is 9.82. The first-order chi connectivity index (χ1) is 21.1. The summed E-state index contributed by atoms with van der Waals surface area (Å²) in [6.45, 7) is 4.61. The molecule has 0 aromatic carbocycles. The third-order valence-electron chi connectivity index (χ3n) is 3.63. The minimum absolute atomic E-state index is 0. The fourth-order valence-corrected chi connectivity index (χ4v) is 2.10. The van der Waals surface area contributed by atoms with Crippen LogP contribution in [0.1, 0.15) is 31.4 Å². The smallest absolute Gasteiger partial charge is 0.396 e. The fourth-order valence-electron chi connectivity index (χ4n) is 2.10. The Balaban J connectivity index is -0.0000000178. The van der Waals surface area contributed by atoms with Gasteiger partial charge in [-0.1, -0.05) is 15.9 Å². The molecule has 0 aliphatic carbocycles. The summed E-state index contributed by atoms with van der Waals surface area (Å²) in [5, 5.41) is 17.1. The van der Waals surface area contributed by atoms with Gasteiger partial charge in [0, 0.05) is 144 Å². The first-order valence-electron chi connectivity index (χ1n) is 11.6. The molecule has 0 amide bonds. The predicted molar refractivity (Wildman–Crippen MR) is 235 cm³/mol. The molecule has 1 aromatic heterocycles. The normalized spacial score (nSPS) is 9.23. The van der Waals surface area contributed by atoms with E-state index in [2.05, 4.69) is 199 Å². The molecule has 2 heterocycles. The molecule has 0 bridgehead atoms. The molecule has 0 spiro atoms. The van der Waals surface area contributed by atoms with Crippen LogP contribution in [0.3, 0.4) is 0 Å². The molecule has 1 aliphatic rings. The van der Waals surface area contributed by atoms with Gasteiger partial charge in [-0.3, -0.25) is 14.4 Å². The second kappa shape index (κ2) is 36.9. The number of aromatic nitrogens is 2. The van der Waals surface area contributed by atoms with Gasteiger partial charge in [0.1, 0.15) is 6.33 Å². The number of halogens is 4. The summed E-state index contributed by atoms with van der Waals surface area (Å²) < 4.78 is 1.58. The molecule has 43 heavy (non-hydrogen) atoms. The number of imidazole rings is 1. The maximum atomic E-state index is 8.55. The maximum Gasteiger partial charge on any atom is 1.00 e. The molecular weight excluding hydrogens is 945 g/mol. The van der Waals surface area contributed by atoms with Crippen molar-refractivity contribution >= 4 is 53.2 Å². The van der Waals surface area contributed by atoms with Crippen LogP contribution in [0.25, 0.3) is 0 Å². The van der Waals surface area contributed by atoms with Gasteiger partial charge in [-0.25, -0.2) is 4.98 Å². The van der Waals surface area contributed by atoms with Crippen LogP contribution in [-0.4, -0.2) is 81.5 Å². The minimum Gasteiger partial charge on any atom is -0.396 e. The topological polar surface area (TPSA) is 64.8 Å². The third kappa shape index (κ3) is 35.0. The van der Waals surface area contributed by atoms with Crippen molar-refractivity contribution in [3.05, 3.63) is 18.7 Å². The van der Waals surface area contributed by atoms with E-state index >= 15 is 0 Å². The van der Waals surface area contributed by atoms with E-state index in [0.717, 1.165) is 26.3 Å². The average Bonchev–Trinajstić information content (AvgIpc) is 3.69. The SMILES string of the molecule is C#CC#CC#CC#CC#CC#CC#CC#CC#CC#CC#Cn1ccnc1.CN1CCN(CCO)C1.I[I-]I.OCCBr.[H+].[HH].[HH].[HH].[HH].[HH].[HH].[HH].[HH].[HH].[HH].[HH].[HH].[HH].[HH].[HH].[HH].[HH].[HH].[HH].[HH].[HH]. The average molecular weight is 1010 g/mol. The quantitative estimate of drug-likeness (QED) is 0.273.